The smallest absolute Gasteiger partial charge is 0.407 e. The molecule has 0 bridgehead atoms. The number of alkyl carbamates (subject to hydrolysis) is 1. The van der Waals surface area contributed by atoms with Crippen LogP contribution in [0.5, 0.6) is 0 Å². The van der Waals surface area contributed by atoms with E-state index < -0.39 is 9.73 Å². The number of hydrogen-bond acceptors (Lipinski definition) is 6. The Morgan fingerprint density at radius 3 is 2.61 bits per heavy atom. The molecule has 4 rings (SSSR count). The second-order valence-corrected chi connectivity index (χ2v) is 12.9. The van der Waals surface area contributed by atoms with Crippen molar-refractivity contribution in [2.24, 2.45) is 0 Å². The number of rotatable bonds is 6. The molecule has 2 N–H and O–H groups in total. The lowest BCUT2D eigenvalue weighted by molar-refractivity contribution is 0.109. The number of halogens is 1. The van der Waals surface area contributed by atoms with Gasteiger partial charge in [-0.2, -0.15) is 0 Å². The highest BCUT2D eigenvalue weighted by Gasteiger charge is 2.35. The maximum Gasteiger partial charge on any atom is 0.407 e. The van der Waals surface area contributed by atoms with E-state index in [0.29, 0.717) is 10.8 Å². The molecular weight excluding hydrogens is 498 g/mol. The van der Waals surface area contributed by atoms with Crippen molar-refractivity contribution in [3.05, 3.63) is 33.9 Å². The van der Waals surface area contributed by atoms with E-state index in [2.05, 4.69) is 26.2 Å². The molecule has 1 aromatic carbocycles. The van der Waals surface area contributed by atoms with Gasteiger partial charge < -0.3 is 10.1 Å². The van der Waals surface area contributed by atoms with Crippen molar-refractivity contribution in [3.8, 4) is 10.4 Å². The van der Waals surface area contributed by atoms with Crippen LogP contribution in [0.1, 0.15) is 63.3 Å². The zero-order chi connectivity index (χ0) is 22.2. The first-order chi connectivity index (χ1) is 14.7. The number of aromatic nitrogens is 1. The van der Waals surface area contributed by atoms with E-state index in [0.717, 1.165) is 58.4 Å². The lowest BCUT2D eigenvalue weighted by Crippen LogP contribution is -2.38. The molecule has 2 saturated carbocycles. The van der Waals surface area contributed by atoms with Crippen LogP contribution in [0.15, 0.2) is 33.8 Å². The number of ether oxygens (including phenoxy) is 1. The second-order valence-electron chi connectivity index (χ2n) is 8.65. The average Bonchev–Trinajstić information content (AvgIpc) is 3.47. The van der Waals surface area contributed by atoms with Gasteiger partial charge in [-0.05, 0) is 64.5 Å². The first-order valence-corrected chi connectivity index (χ1v) is 14.0. The van der Waals surface area contributed by atoms with E-state index in [1.165, 1.54) is 0 Å². The number of hydrogen-bond donors (Lipinski definition) is 2. The van der Waals surface area contributed by atoms with Gasteiger partial charge in [0.1, 0.15) is 0 Å². The maximum atomic E-state index is 13.2. The third-order valence-electron chi connectivity index (χ3n) is 5.79. The van der Waals surface area contributed by atoms with Crippen LogP contribution in [0.4, 0.5) is 4.79 Å². The molecule has 2 aliphatic carbocycles. The first kappa shape index (κ1) is 22.7. The molecule has 0 spiro atoms. The van der Waals surface area contributed by atoms with Gasteiger partial charge in [0, 0.05) is 33.4 Å². The van der Waals surface area contributed by atoms with E-state index in [-0.39, 0.29) is 23.5 Å². The van der Waals surface area contributed by atoms with Gasteiger partial charge in [-0.3, -0.25) is 0 Å². The van der Waals surface area contributed by atoms with Crippen molar-refractivity contribution < 1.29 is 13.7 Å². The van der Waals surface area contributed by atoms with Crippen LogP contribution in [-0.4, -0.2) is 32.7 Å². The number of carbonyl (C=O) groups excluding carboxylic acids is 1. The number of thiazole rings is 1. The fourth-order valence-corrected chi connectivity index (χ4v) is 7.70. The summed E-state index contributed by atoms with van der Waals surface area (Å²) in [4.78, 5) is 18.1. The molecule has 31 heavy (non-hydrogen) atoms. The summed E-state index contributed by atoms with van der Waals surface area (Å²) in [5.41, 5.74) is 0.866. The number of amides is 1. The fourth-order valence-electron chi connectivity index (χ4n) is 4.03. The Labute approximate surface area is 196 Å². The molecule has 2 aromatic rings. The van der Waals surface area contributed by atoms with Crippen molar-refractivity contribution in [1.82, 2.24) is 10.3 Å². The summed E-state index contributed by atoms with van der Waals surface area (Å²) < 4.78 is 27.7. The minimum absolute atomic E-state index is 0.0295. The zero-order valence-electron chi connectivity index (χ0n) is 17.7. The van der Waals surface area contributed by atoms with E-state index >= 15 is 0 Å². The SMILES string of the molecule is CC(C)OC(=O)NC1CCC(c2ncc(-c3ccc(Br)cc3S(=N)(=O)C3CC3)s2)CC1. The van der Waals surface area contributed by atoms with Gasteiger partial charge in [0.25, 0.3) is 0 Å². The van der Waals surface area contributed by atoms with Gasteiger partial charge in [-0.1, -0.05) is 22.0 Å². The molecule has 2 aliphatic rings. The van der Waals surface area contributed by atoms with Crippen LogP contribution in [0.25, 0.3) is 10.4 Å². The molecule has 1 unspecified atom stereocenters. The molecule has 9 heteroatoms. The monoisotopic (exact) mass is 525 g/mol. The zero-order valence-corrected chi connectivity index (χ0v) is 20.9. The topological polar surface area (TPSA) is 92.1 Å². The molecule has 0 aliphatic heterocycles. The Kier molecular flexibility index (Phi) is 6.74. The summed E-state index contributed by atoms with van der Waals surface area (Å²) >= 11 is 5.11. The fraction of sp³-hybridized carbons (Fsp3) is 0.545. The first-order valence-electron chi connectivity index (χ1n) is 10.7. The number of nitrogens with one attached hydrogen (secondary N) is 2. The van der Waals surface area contributed by atoms with Gasteiger partial charge >= 0.3 is 6.09 Å². The van der Waals surface area contributed by atoms with Gasteiger partial charge in [0.15, 0.2) is 0 Å². The Bertz CT molecular complexity index is 1060. The Balaban J connectivity index is 1.46. The Morgan fingerprint density at radius 1 is 1.26 bits per heavy atom. The summed E-state index contributed by atoms with van der Waals surface area (Å²) in [7, 11) is -2.81. The summed E-state index contributed by atoms with van der Waals surface area (Å²) in [6.45, 7) is 3.69. The largest absolute Gasteiger partial charge is 0.447 e. The summed E-state index contributed by atoms with van der Waals surface area (Å²) in [5, 5.41) is 4.01. The normalized spacial score (nSPS) is 23.4. The van der Waals surface area contributed by atoms with Crippen LogP contribution in [0, 0.1) is 4.78 Å². The predicted octanol–water partition coefficient (Wildman–Crippen LogP) is 6.30. The van der Waals surface area contributed by atoms with Gasteiger partial charge in [0.05, 0.1) is 30.6 Å². The minimum atomic E-state index is -2.81. The number of carbonyl (C=O) groups is 1. The van der Waals surface area contributed by atoms with Gasteiger partial charge in [-0.25, -0.2) is 18.8 Å². The van der Waals surface area contributed by atoms with Crippen LogP contribution >= 0.6 is 27.3 Å². The standard InChI is InChI=1S/C22H28BrN3O3S2/c1-13(2)29-22(27)26-16-6-3-14(4-7-16)21-25-12-19(30-21)18-10-5-15(23)11-20(18)31(24,28)17-8-9-17/h5,10-14,16-17,24H,3-4,6-9H2,1-2H3,(H,26,27). The van der Waals surface area contributed by atoms with Gasteiger partial charge in [0.2, 0.25) is 0 Å². The van der Waals surface area contributed by atoms with Crippen molar-refractivity contribution in [3.63, 3.8) is 0 Å². The Morgan fingerprint density at radius 2 is 1.97 bits per heavy atom. The highest BCUT2D eigenvalue weighted by atomic mass is 79.9. The highest BCUT2D eigenvalue weighted by Crippen LogP contribution is 2.43. The third-order valence-corrected chi connectivity index (χ3v) is 9.88. The van der Waals surface area contributed by atoms with E-state index in [9.17, 15) is 9.00 Å². The van der Waals surface area contributed by atoms with E-state index in [1.807, 2.05) is 38.2 Å². The lowest BCUT2D eigenvalue weighted by Gasteiger charge is -2.28. The van der Waals surface area contributed by atoms with Crippen LogP contribution in [-0.2, 0) is 14.5 Å². The van der Waals surface area contributed by atoms with Crippen molar-refractivity contribution >= 4 is 43.1 Å². The molecule has 1 aromatic heterocycles. The molecule has 6 nitrogen and oxygen atoms in total. The molecule has 168 valence electrons. The molecular formula is C22H28BrN3O3S2. The summed E-state index contributed by atoms with van der Waals surface area (Å²) in [6, 6.07) is 5.88. The van der Waals surface area contributed by atoms with Crippen LogP contribution < -0.4 is 5.32 Å². The van der Waals surface area contributed by atoms with Crippen molar-refractivity contribution in [2.75, 3.05) is 0 Å². The van der Waals surface area contributed by atoms with Gasteiger partial charge in [-0.15, -0.1) is 11.3 Å². The quantitative estimate of drug-likeness (QED) is 0.462. The molecule has 0 radical (unpaired) electrons. The second kappa shape index (κ2) is 9.19. The lowest BCUT2D eigenvalue weighted by atomic mass is 9.86. The number of benzene rings is 1. The number of nitrogens with zero attached hydrogens (tertiary/aromatic N) is 1. The van der Waals surface area contributed by atoms with Crippen LogP contribution in [0.3, 0.4) is 0 Å². The molecule has 0 saturated heterocycles. The Hall–Kier alpha value is -1.45. The molecule has 2 fully saturated rings. The van der Waals surface area contributed by atoms with Crippen molar-refractivity contribution in [1.29, 1.82) is 4.78 Å². The van der Waals surface area contributed by atoms with E-state index in [4.69, 9.17) is 9.52 Å². The molecule has 1 heterocycles. The predicted molar refractivity (Wildman–Crippen MR) is 127 cm³/mol. The highest BCUT2D eigenvalue weighted by molar-refractivity contribution is 9.10. The average molecular weight is 527 g/mol. The minimum Gasteiger partial charge on any atom is -0.447 e. The molecule has 1 amide bonds. The third kappa shape index (κ3) is 5.31. The summed E-state index contributed by atoms with van der Waals surface area (Å²) in [6.07, 6.45) is 6.86. The molecule has 1 atom stereocenters. The van der Waals surface area contributed by atoms with Crippen molar-refractivity contribution in [2.45, 2.75) is 80.6 Å². The maximum absolute atomic E-state index is 13.2. The van der Waals surface area contributed by atoms with E-state index in [1.54, 1.807) is 11.3 Å². The van der Waals surface area contributed by atoms with Crippen LogP contribution in [0.2, 0.25) is 0 Å². The summed E-state index contributed by atoms with van der Waals surface area (Å²) in [5.74, 6) is 0.362.